The van der Waals surface area contributed by atoms with Gasteiger partial charge in [-0.3, -0.25) is 0 Å². The first-order valence-electron chi connectivity index (χ1n) is 7.86. The summed E-state index contributed by atoms with van der Waals surface area (Å²) in [5.74, 6) is 0. The Morgan fingerprint density at radius 2 is 1.00 bits per heavy atom. The molecule has 0 amide bonds. The predicted octanol–water partition coefficient (Wildman–Crippen LogP) is 4.82. The van der Waals surface area contributed by atoms with Crippen LogP contribution in [0.3, 0.4) is 0 Å². The van der Waals surface area contributed by atoms with Crippen LogP contribution in [-0.2, 0) is 20.8 Å². The van der Waals surface area contributed by atoms with Crippen LogP contribution in [0.15, 0.2) is 0 Å². The van der Waals surface area contributed by atoms with Crippen LogP contribution in [0.4, 0.5) is 7.77 Å². The Morgan fingerprint density at radius 1 is 0.739 bits per heavy atom. The van der Waals surface area contributed by atoms with E-state index in [9.17, 15) is 24.6 Å². The SMILES string of the molecule is CCCC[P+](C)(CCCC)CCCC.O=S(=O)(F)[N-]S(=O)(=O)F. The summed E-state index contributed by atoms with van der Waals surface area (Å²) in [4.78, 5) is 0. The van der Waals surface area contributed by atoms with Crippen LogP contribution in [0.1, 0.15) is 59.3 Å². The first kappa shape index (κ1) is 25.4. The molecule has 0 N–H and O–H groups in total. The fraction of sp³-hybridized carbons (Fsp3) is 1.00. The van der Waals surface area contributed by atoms with Crippen LogP contribution in [0.5, 0.6) is 0 Å². The van der Waals surface area contributed by atoms with E-state index in [0.717, 1.165) is 4.13 Å². The van der Waals surface area contributed by atoms with E-state index in [-0.39, 0.29) is 0 Å². The second-order valence-electron chi connectivity index (χ2n) is 5.75. The van der Waals surface area contributed by atoms with Gasteiger partial charge in [0, 0.05) is 13.9 Å². The van der Waals surface area contributed by atoms with Gasteiger partial charge in [0.25, 0.3) is 0 Å². The zero-order chi connectivity index (χ0) is 18.6. The third kappa shape index (κ3) is 20.1. The molecular weight excluding hydrogens is 367 g/mol. The molecule has 0 aliphatic heterocycles. The van der Waals surface area contributed by atoms with E-state index >= 15 is 0 Å². The van der Waals surface area contributed by atoms with Crippen molar-refractivity contribution < 1.29 is 24.6 Å². The molecule has 0 aromatic rings. The lowest BCUT2D eigenvalue weighted by atomic mass is 10.4. The van der Waals surface area contributed by atoms with Crippen molar-refractivity contribution in [3.63, 3.8) is 0 Å². The smallest absolute Gasteiger partial charge is 0.241 e. The largest absolute Gasteiger partial charge is 0.379 e. The van der Waals surface area contributed by atoms with Gasteiger partial charge in [0.15, 0.2) is 0 Å². The standard InChI is InChI=1S/C13H30P.F2NO4S2/c1-5-8-11-14(4,12-9-6-2)13-10-7-3;1-8(4,5)3-9(2,6)7/h5-13H2,1-4H3;/q+1;-1. The number of rotatable bonds is 11. The summed E-state index contributed by atoms with van der Waals surface area (Å²) in [5.41, 5.74) is 0. The zero-order valence-electron chi connectivity index (χ0n) is 14.5. The average molecular weight is 397 g/mol. The molecule has 0 bridgehead atoms. The van der Waals surface area contributed by atoms with Crippen molar-refractivity contribution in [2.24, 2.45) is 0 Å². The van der Waals surface area contributed by atoms with Gasteiger partial charge < -0.3 is 4.13 Å². The van der Waals surface area contributed by atoms with Crippen molar-refractivity contribution in [1.29, 1.82) is 0 Å². The summed E-state index contributed by atoms with van der Waals surface area (Å²) >= 11 is 0. The van der Waals surface area contributed by atoms with Crippen molar-refractivity contribution in [3.05, 3.63) is 4.13 Å². The Bertz CT molecular complexity index is 446. The Balaban J connectivity index is 0. The monoisotopic (exact) mass is 397 g/mol. The lowest BCUT2D eigenvalue weighted by molar-refractivity contribution is 0.551. The molecule has 0 aliphatic rings. The highest BCUT2D eigenvalue weighted by Gasteiger charge is 2.28. The highest BCUT2D eigenvalue weighted by molar-refractivity contribution is 8.07. The number of unbranched alkanes of at least 4 members (excludes halogenated alkanes) is 3. The van der Waals surface area contributed by atoms with Gasteiger partial charge in [0.1, 0.15) is 0 Å². The van der Waals surface area contributed by atoms with E-state index in [1.165, 1.54) is 38.5 Å². The zero-order valence-corrected chi connectivity index (χ0v) is 17.0. The maximum Gasteiger partial charge on any atom is 0.241 e. The van der Waals surface area contributed by atoms with Crippen molar-refractivity contribution in [3.8, 4) is 0 Å². The molecule has 0 atom stereocenters. The molecule has 0 radical (unpaired) electrons. The predicted molar refractivity (Wildman–Crippen MR) is 95.6 cm³/mol. The molecule has 0 aromatic heterocycles. The van der Waals surface area contributed by atoms with Gasteiger partial charge in [0.05, 0.1) is 18.5 Å². The van der Waals surface area contributed by atoms with E-state index in [1.54, 1.807) is 18.5 Å². The number of hydrogen-bond donors (Lipinski definition) is 0. The lowest BCUT2D eigenvalue weighted by Gasteiger charge is -2.22. The third-order valence-electron chi connectivity index (χ3n) is 3.33. The maximum atomic E-state index is 11.1. The molecule has 5 nitrogen and oxygen atoms in total. The average Bonchev–Trinajstić information content (AvgIpc) is 2.37. The normalized spacial score (nSPS) is 12.6. The van der Waals surface area contributed by atoms with Crippen molar-refractivity contribution in [2.75, 3.05) is 25.2 Å². The Morgan fingerprint density at radius 3 is 1.13 bits per heavy atom. The van der Waals surface area contributed by atoms with Gasteiger partial charge >= 0.3 is 0 Å². The Hall–Kier alpha value is 0.150. The molecule has 0 aromatic carbocycles. The second-order valence-corrected chi connectivity index (χ2v) is 12.6. The number of halogens is 2. The van der Waals surface area contributed by atoms with E-state index < -0.39 is 28.1 Å². The molecule has 0 aliphatic carbocycles. The van der Waals surface area contributed by atoms with Crippen LogP contribution in [0.25, 0.3) is 4.13 Å². The number of hydrogen-bond acceptors (Lipinski definition) is 4. The summed E-state index contributed by atoms with van der Waals surface area (Å²) in [6, 6.07) is 0. The van der Waals surface area contributed by atoms with Gasteiger partial charge in [-0.25, -0.2) is 16.8 Å². The minimum atomic E-state index is -5.62. The van der Waals surface area contributed by atoms with E-state index in [1.807, 2.05) is 0 Å². The number of nitrogens with zero attached hydrogens (tertiary/aromatic N) is 1. The van der Waals surface area contributed by atoms with E-state index in [2.05, 4.69) is 27.4 Å². The van der Waals surface area contributed by atoms with Crippen molar-refractivity contribution in [2.45, 2.75) is 59.3 Å². The molecule has 0 fully saturated rings. The molecule has 0 saturated heterocycles. The van der Waals surface area contributed by atoms with Crippen LogP contribution in [-0.4, -0.2) is 42.0 Å². The minimum absolute atomic E-state index is 0.519. The fourth-order valence-electron chi connectivity index (χ4n) is 2.06. The van der Waals surface area contributed by atoms with Gasteiger partial charge in [-0.05, 0) is 19.3 Å². The lowest BCUT2D eigenvalue weighted by Crippen LogP contribution is -2.07. The van der Waals surface area contributed by atoms with Crippen LogP contribution in [0, 0.1) is 0 Å². The van der Waals surface area contributed by atoms with E-state index in [0.29, 0.717) is 0 Å². The summed E-state index contributed by atoms with van der Waals surface area (Å²) in [7, 11) is -11.8. The molecule has 0 saturated carbocycles. The van der Waals surface area contributed by atoms with Crippen LogP contribution >= 0.6 is 7.26 Å². The highest BCUT2D eigenvalue weighted by atomic mass is 32.3. The minimum Gasteiger partial charge on any atom is -0.379 e. The first-order chi connectivity index (χ1) is 10.4. The van der Waals surface area contributed by atoms with E-state index in [4.69, 9.17) is 0 Å². The molecule has 10 heteroatoms. The van der Waals surface area contributed by atoms with Crippen molar-refractivity contribution >= 4 is 28.1 Å². The first-order valence-corrected chi connectivity index (χ1v) is 13.3. The molecule has 23 heavy (non-hydrogen) atoms. The third-order valence-corrected chi connectivity index (χ3v) is 8.94. The summed E-state index contributed by atoms with van der Waals surface area (Å²) < 4.78 is 60.1. The van der Waals surface area contributed by atoms with Crippen LogP contribution in [0.2, 0.25) is 0 Å². The quantitative estimate of drug-likeness (QED) is 0.369. The van der Waals surface area contributed by atoms with Gasteiger partial charge in [-0.2, -0.15) is 0 Å². The van der Waals surface area contributed by atoms with Crippen LogP contribution < -0.4 is 0 Å². The maximum absolute atomic E-state index is 11.1. The fourth-order valence-corrected chi connectivity index (χ4v) is 6.82. The topological polar surface area (TPSA) is 82.4 Å². The molecule has 0 spiro atoms. The summed E-state index contributed by atoms with van der Waals surface area (Å²) in [6.45, 7) is 9.59. The van der Waals surface area contributed by atoms with Gasteiger partial charge in [0.2, 0.25) is 20.8 Å². The second kappa shape index (κ2) is 12.5. The van der Waals surface area contributed by atoms with Gasteiger partial charge in [-0.1, -0.05) is 40.0 Å². The molecule has 0 rings (SSSR count). The Kier molecular flexibility index (Phi) is 13.8. The van der Waals surface area contributed by atoms with Crippen molar-refractivity contribution in [1.82, 2.24) is 0 Å². The molecule has 0 heterocycles. The molecule has 142 valence electrons. The molecular formula is C13H30F2NO4PS2. The highest BCUT2D eigenvalue weighted by Crippen LogP contribution is 2.57. The summed E-state index contributed by atoms with van der Waals surface area (Å²) in [6.07, 6.45) is 13.2. The molecule has 0 unspecified atom stereocenters. The Labute approximate surface area is 141 Å². The summed E-state index contributed by atoms with van der Waals surface area (Å²) in [5, 5.41) is 0. The van der Waals surface area contributed by atoms with Gasteiger partial charge in [-0.15, -0.1) is 7.77 Å².